The molecule has 2 aromatic heterocycles. The van der Waals surface area contributed by atoms with Gasteiger partial charge in [0.1, 0.15) is 17.2 Å². The lowest BCUT2D eigenvalue weighted by molar-refractivity contribution is 0.0594. The summed E-state index contributed by atoms with van der Waals surface area (Å²) in [5, 5.41) is 7.82. The van der Waals surface area contributed by atoms with E-state index in [0.29, 0.717) is 61.0 Å². The quantitative estimate of drug-likeness (QED) is 0.167. The Morgan fingerprint density at radius 1 is 1.04 bits per heavy atom. The molecule has 0 fully saturated rings. The number of hydrogen-bond acceptors (Lipinski definition) is 9. The normalized spacial score (nSPS) is 12.0. The molecule has 0 spiro atoms. The molecule has 2 amide bonds. The third kappa shape index (κ3) is 7.05. The molecule has 3 heterocycles. The Hall–Kier alpha value is -4.74. The SMILES string of the molecule is CCCNC(=O)c1ccc(-c2cc3c(cc2C(=O)Nc2ccc(CN)cc2OCC(C)C)-c2sccc2CCO3)c(C(=O)OC)n1. The Kier molecular flexibility index (Phi) is 10.3. The highest BCUT2D eigenvalue weighted by Crippen LogP contribution is 2.43. The van der Waals surface area contributed by atoms with Gasteiger partial charge in [-0.15, -0.1) is 11.3 Å². The van der Waals surface area contributed by atoms with E-state index >= 15 is 0 Å². The molecule has 46 heavy (non-hydrogen) atoms. The van der Waals surface area contributed by atoms with Crippen LogP contribution in [0.1, 0.15) is 69.7 Å². The number of anilines is 1. The summed E-state index contributed by atoms with van der Waals surface area (Å²) in [6.07, 6.45) is 1.46. The summed E-state index contributed by atoms with van der Waals surface area (Å²) in [7, 11) is 1.24. The van der Waals surface area contributed by atoms with Gasteiger partial charge in [0.2, 0.25) is 0 Å². The van der Waals surface area contributed by atoms with Crippen molar-refractivity contribution in [3.63, 3.8) is 0 Å². The highest BCUT2D eigenvalue weighted by atomic mass is 32.1. The summed E-state index contributed by atoms with van der Waals surface area (Å²) in [5.41, 5.74) is 10.1. The van der Waals surface area contributed by atoms with Crippen LogP contribution in [0.25, 0.3) is 21.6 Å². The first-order chi connectivity index (χ1) is 22.2. The molecular formula is C35H38N4O6S. The van der Waals surface area contributed by atoms with Crippen LogP contribution in [0.4, 0.5) is 5.69 Å². The monoisotopic (exact) mass is 642 g/mol. The number of ether oxygens (including phenoxy) is 3. The fraction of sp³-hybridized carbons (Fsp3) is 0.314. The topological polar surface area (TPSA) is 142 Å². The van der Waals surface area contributed by atoms with Gasteiger partial charge < -0.3 is 30.6 Å². The predicted molar refractivity (Wildman–Crippen MR) is 179 cm³/mol. The van der Waals surface area contributed by atoms with E-state index < -0.39 is 17.8 Å². The van der Waals surface area contributed by atoms with Crippen molar-refractivity contribution in [2.45, 2.75) is 40.2 Å². The van der Waals surface area contributed by atoms with Crippen molar-refractivity contribution in [2.75, 3.05) is 32.2 Å². The van der Waals surface area contributed by atoms with E-state index in [-0.39, 0.29) is 22.9 Å². The van der Waals surface area contributed by atoms with Gasteiger partial charge in [-0.2, -0.15) is 0 Å². The summed E-state index contributed by atoms with van der Waals surface area (Å²) in [4.78, 5) is 45.6. The molecule has 0 saturated heterocycles. The molecule has 5 rings (SSSR count). The lowest BCUT2D eigenvalue weighted by Crippen LogP contribution is -2.26. The molecule has 2 aromatic carbocycles. The maximum absolute atomic E-state index is 14.3. The number of amides is 2. The van der Waals surface area contributed by atoms with Crippen molar-refractivity contribution in [1.29, 1.82) is 0 Å². The second-order valence-corrected chi connectivity index (χ2v) is 12.2. The number of pyridine rings is 1. The molecule has 0 saturated carbocycles. The zero-order chi connectivity index (χ0) is 32.8. The first kappa shape index (κ1) is 32.6. The summed E-state index contributed by atoms with van der Waals surface area (Å²) >= 11 is 1.57. The van der Waals surface area contributed by atoms with Gasteiger partial charge in [-0.05, 0) is 71.3 Å². The Balaban J connectivity index is 1.66. The number of carbonyl (C=O) groups is 3. The zero-order valence-corrected chi connectivity index (χ0v) is 27.2. The Labute approximate surface area is 272 Å². The number of benzene rings is 2. The van der Waals surface area contributed by atoms with Crippen molar-refractivity contribution in [3.05, 3.63) is 82.0 Å². The molecule has 240 valence electrons. The van der Waals surface area contributed by atoms with Crippen LogP contribution in [-0.2, 0) is 17.7 Å². The minimum atomic E-state index is -0.746. The summed E-state index contributed by atoms with van der Waals surface area (Å²) in [6, 6.07) is 14.2. The molecule has 0 atom stereocenters. The average Bonchev–Trinajstić information content (AvgIpc) is 3.46. The molecule has 0 unspecified atom stereocenters. The molecular weight excluding hydrogens is 604 g/mol. The number of esters is 1. The number of nitrogens with two attached hydrogens (primary N) is 1. The Morgan fingerprint density at radius 2 is 1.87 bits per heavy atom. The van der Waals surface area contributed by atoms with Crippen LogP contribution in [0.3, 0.4) is 0 Å². The average molecular weight is 643 g/mol. The fourth-order valence-corrected chi connectivity index (χ4v) is 6.05. The molecule has 10 nitrogen and oxygen atoms in total. The maximum Gasteiger partial charge on any atom is 0.357 e. The van der Waals surface area contributed by atoms with Crippen molar-refractivity contribution in [3.8, 4) is 33.1 Å². The van der Waals surface area contributed by atoms with Crippen LogP contribution in [0.5, 0.6) is 11.5 Å². The molecule has 0 bridgehead atoms. The zero-order valence-electron chi connectivity index (χ0n) is 26.4. The molecule has 11 heteroatoms. The van der Waals surface area contributed by atoms with Gasteiger partial charge in [0.05, 0.1) is 26.0 Å². The van der Waals surface area contributed by atoms with Crippen molar-refractivity contribution < 1.29 is 28.6 Å². The second-order valence-electron chi connectivity index (χ2n) is 11.3. The Bertz CT molecular complexity index is 1770. The molecule has 4 aromatic rings. The lowest BCUT2D eigenvalue weighted by Gasteiger charge is -2.19. The third-order valence-corrected chi connectivity index (χ3v) is 8.41. The fourth-order valence-electron chi connectivity index (χ4n) is 5.07. The number of hydrogen-bond donors (Lipinski definition) is 3. The highest BCUT2D eigenvalue weighted by molar-refractivity contribution is 7.13. The van der Waals surface area contributed by atoms with E-state index in [1.165, 1.54) is 13.2 Å². The number of fused-ring (bicyclic) bond motifs is 3. The molecule has 1 aliphatic rings. The van der Waals surface area contributed by atoms with Crippen LogP contribution in [0.2, 0.25) is 0 Å². The van der Waals surface area contributed by atoms with E-state index in [4.69, 9.17) is 19.9 Å². The van der Waals surface area contributed by atoms with Gasteiger partial charge in [-0.3, -0.25) is 9.59 Å². The number of carbonyl (C=O) groups excluding carboxylic acids is 3. The number of nitrogens with zero attached hydrogens (tertiary/aromatic N) is 1. The van der Waals surface area contributed by atoms with Gasteiger partial charge >= 0.3 is 5.97 Å². The highest BCUT2D eigenvalue weighted by Gasteiger charge is 2.27. The first-order valence-corrected chi connectivity index (χ1v) is 16.1. The molecule has 0 radical (unpaired) electrons. The number of thiophene rings is 1. The van der Waals surface area contributed by atoms with E-state index in [1.807, 2.05) is 38.3 Å². The van der Waals surface area contributed by atoms with E-state index in [0.717, 1.165) is 28.0 Å². The molecule has 0 aliphatic carbocycles. The predicted octanol–water partition coefficient (Wildman–Crippen LogP) is 6.08. The van der Waals surface area contributed by atoms with Gasteiger partial charge in [0.25, 0.3) is 11.8 Å². The third-order valence-electron chi connectivity index (χ3n) is 7.42. The standard InChI is InChI=1S/C35H38N4O6S/c1-5-12-37-34(41)28-9-7-23(31(38-28)35(42)43-4)24-17-29-26(32-22(10-13-44-29)11-14-46-32)16-25(24)33(40)39-27-8-6-21(18-36)15-30(27)45-19-20(2)3/h6-9,11,14-17,20H,5,10,12-13,18-19,36H2,1-4H3,(H,37,41)(H,39,40). The summed E-state index contributed by atoms with van der Waals surface area (Å²) in [6.45, 7) is 7.70. The minimum absolute atomic E-state index is 0.0600. The number of aromatic nitrogens is 1. The molecule has 1 aliphatic heterocycles. The van der Waals surface area contributed by atoms with Crippen molar-refractivity contribution in [2.24, 2.45) is 11.7 Å². The van der Waals surface area contributed by atoms with E-state index in [2.05, 4.69) is 21.7 Å². The van der Waals surface area contributed by atoms with Crippen LogP contribution >= 0.6 is 11.3 Å². The van der Waals surface area contributed by atoms with Gasteiger partial charge in [-0.25, -0.2) is 9.78 Å². The van der Waals surface area contributed by atoms with Gasteiger partial charge in [0, 0.05) is 46.6 Å². The first-order valence-electron chi connectivity index (χ1n) is 15.3. The maximum atomic E-state index is 14.3. The summed E-state index contributed by atoms with van der Waals surface area (Å²) in [5.74, 6) is -0.259. The summed E-state index contributed by atoms with van der Waals surface area (Å²) < 4.78 is 17.3. The molecule has 4 N–H and O–H groups in total. The second kappa shape index (κ2) is 14.6. The smallest absolute Gasteiger partial charge is 0.357 e. The van der Waals surface area contributed by atoms with Crippen LogP contribution in [0.15, 0.2) is 53.9 Å². The minimum Gasteiger partial charge on any atom is -0.493 e. The van der Waals surface area contributed by atoms with E-state index in [1.54, 1.807) is 35.6 Å². The van der Waals surface area contributed by atoms with Crippen LogP contribution in [-0.4, -0.2) is 49.6 Å². The van der Waals surface area contributed by atoms with Crippen LogP contribution in [0, 0.1) is 5.92 Å². The van der Waals surface area contributed by atoms with Gasteiger partial charge in [-0.1, -0.05) is 26.8 Å². The Morgan fingerprint density at radius 3 is 2.61 bits per heavy atom. The van der Waals surface area contributed by atoms with Gasteiger partial charge in [0.15, 0.2) is 5.69 Å². The van der Waals surface area contributed by atoms with Crippen molar-refractivity contribution in [1.82, 2.24) is 10.3 Å². The lowest BCUT2D eigenvalue weighted by atomic mass is 9.93. The van der Waals surface area contributed by atoms with E-state index in [9.17, 15) is 14.4 Å². The van der Waals surface area contributed by atoms with Crippen LogP contribution < -0.4 is 25.8 Å². The number of nitrogens with one attached hydrogen (secondary N) is 2. The van der Waals surface area contributed by atoms with Crippen molar-refractivity contribution >= 4 is 34.8 Å². The number of rotatable bonds is 11. The largest absolute Gasteiger partial charge is 0.493 e. The number of methoxy groups -OCH3 is 1.